The van der Waals surface area contributed by atoms with E-state index >= 15 is 0 Å². The third kappa shape index (κ3) is 3.01. The van der Waals surface area contributed by atoms with E-state index < -0.39 is 21.4 Å². The van der Waals surface area contributed by atoms with Crippen LogP contribution in [0, 0.1) is 5.82 Å². The summed E-state index contributed by atoms with van der Waals surface area (Å²) < 4.78 is 42.5. The lowest BCUT2D eigenvalue weighted by Crippen LogP contribution is -2.55. The Morgan fingerprint density at radius 1 is 1.23 bits per heavy atom. The molecule has 0 unspecified atom stereocenters. The number of carbonyl (C=O) groups excluding carboxylic acids is 1. The molecule has 2 heterocycles. The normalized spacial score (nSPS) is 17.8. The minimum absolute atomic E-state index is 0.113. The van der Waals surface area contributed by atoms with Crippen LogP contribution in [0.1, 0.15) is 12.8 Å². The molecule has 9 heteroatoms. The molecule has 0 saturated carbocycles. The number of imidazole rings is 1. The van der Waals surface area contributed by atoms with Gasteiger partial charge in [-0.1, -0.05) is 12.1 Å². The summed E-state index contributed by atoms with van der Waals surface area (Å²) in [4.78, 5) is 18.0. The van der Waals surface area contributed by atoms with Crippen LogP contribution in [0.4, 0.5) is 4.39 Å². The minimum Gasteiger partial charge on any atom is -0.347 e. The molecule has 0 aliphatic carbocycles. The summed E-state index contributed by atoms with van der Waals surface area (Å²) in [5.74, 6) is -0.887. The molecular weight excluding hydrogens is 359 g/mol. The maximum Gasteiger partial charge on any atom is 0.248 e. The predicted molar refractivity (Wildman–Crippen MR) is 93.3 cm³/mol. The van der Waals surface area contributed by atoms with E-state index in [1.54, 1.807) is 37.4 Å². The maximum atomic E-state index is 14.0. The van der Waals surface area contributed by atoms with Gasteiger partial charge < -0.3 is 9.47 Å². The molecule has 1 aliphatic heterocycles. The van der Waals surface area contributed by atoms with Gasteiger partial charge >= 0.3 is 0 Å². The van der Waals surface area contributed by atoms with Gasteiger partial charge in [0.1, 0.15) is 16.3 Å². The molecule has 7 nitrogen and oxygen atoms in total. The molecular formula is C17H21FN4O3S. The molecule has 0 spiro atoms. The summed E-state index contributed by atoms with van der Waals surface area (Å²) in [6, 6.07) is 5.32. The fraction of sp³-hybridized carbons (Fsp3) is 0.412. The molecule has 1 saturated heterocycles. The van der Waals surface area contributed by atoms with Crippen LogP contribution in [0.5, 0.6) is 0 Å². The van der Waals surface area contributed by atoms with Crippen molar-refractivity contribution in [2.45, 2.75) is 23.3 Å². The van der Waals surface area contributed by atoms with Crippen molar-refractivity contribution in [1.82, 2.24) is 18.8 Å². The molecule has 0 atom stereocenters. The van der Waals surface area contributed by atoms with E-state index in [-0.39, 0.29) is 36.7 Å². The van der Waals surface area contributed by atoms with Crippen molar-refractivity contribution >= 4 is 15.9 Å². The molecule has 26 heavy (non-hydrogen) atoms. The Morgan fingerprint density at radius 3 is 2.42 bits per heavy atom. The van der Waals surface area contributed by atoms with Crippen molar-refractivity contribution in [2.75, 3.05) is 27.2 Å². The monoisotopic (exact) mass is 380 g/mol. The van der Waals surface area contributed by atoms with Crippen LogP contribution >= 0.6 is 0 Å². The number of rotatable bonds is 4. The van der Waals surface area contributed by atoms with Gasteiger partial charge in [-0.05, 0) is 25.0 Å². The lowest BCUT2D eigenvalue weighted by Gasteiger charge is -2.42. The highest BCUT2D eigenvalue weighted by Crippen LogP contribution is 2.34. The third-order valence-electron chi connectivity index (χ3n) is 4.81. The van der Waals surface area contributed by atoms with E-state index in [0.29, 0.717) is 0 Å². The first-order chi connectivity index (χ1) is 12.3. The van der Waals surface area contributed by atoms with Crippen LogP contribution in [0.3, 0.4) is 0 Å². The highest BCUT2D eigenvalue weighted by molar-refractivity contribution is 7.89. The molecule has 3 rings (SSSR count). The summed E-state index contributed by atoms with van der Waals surface area (Å²) >= 11 is 0. The van der Waals surface area contributed by atoms with Crippen LogP contribution in [0.25, 0.3) is 0 Å². The Balaban J connectivity index is 1.89. The topological polar surface area (TPSA) is 75.5 Å². The molecule has 2 aromatic rings. The van der Waals surface area contributed by atoms with E-state index in [2.05, 4.69) is 4.98 Å². The van der Waals surface area contributed by atoms with Gasteiger partial charge in [-0.15, -0.1) is 0 Å². The fourth-order valence-electron chi connectivity index (χ4n) is 3.40. The highest BCUT2D eigenvalue weighted by Gasteiger charge is 2.46. The quantitative estimate of drug-likeness (QED) is 0.801. The van der Waals surface area contributed by atoms with Crippen molar-refractivity contribution in [3.05, 3.63) is 48.8 Å². The molecule has 0 N–H and O–H groups in total. The van der Waals surface area contributed by atoms with E-state index in [1.165, 1.54) is 27.4 Å². The van der Waals surface area contributed by atoms with Gasteiger partial charge in [-0.3, -0.25) is 4.79 Å². The van der Waals surface area contributed by atoms with Crippen molar-refractivity contribution in [2.24, 2.45) is 0 Å². The zero-order valence-electron chi connectivity index (χ0n) is 14.7. The smallest absolute Gasteiger partial charge is 0.248 e. The first-order valence-corrected chi connectivity index (χ1v) is 9.68. The molecule has 1 amide bonds. The number of aromatic nitrogens is 2. The summed E-state index contributed by atoms with van der Waals surface area (Å²) in [5.41, 5.74) is -0.888. The number of hydrogen-bond donors (Lipinski definition) is 0. The first-order valence-electron chi connectivity index (χ1n) is 8.24. The molecule has 1 aromatic heterocycles. The number of halogens is 1. The van der Waals surface area contributed by atoms with Crippen molar-refractivity contribution < 1.29 is 17.6 Å². The zero-order chi connectivity index (χ0) is 18.9. The maximum absolute atomic E-state index is 14.0. The Hall–Kier alpha value is -2.26. The van der Waals surface area contributed by atoms with Crippen LogP contribution in [-0.2, 0) is 20.4 Å². The van der Waals surface area contributed by atoms with Crippen LogP contribution in [0.15, 0.2) is 47.9 Å². The SMILES string of the molecule is CN(C)C(=O)C1(n2ccnc2)CCN(S(=O)(=O)c2ccccc2F)CC1. The number of nitrogens with zero attached hydrogens (tertiary/aromatic N) is 4. The largest absolute Gasteiger partial charge is 0.347 e. The Bertz CT molecular complexity index is 888. The number of carbonyl (C=O) groups is 1. The van der Waals surface area contributed by atoms with Gasteiger partial charge in [-0.25, -0.2) is 17.8 Å². The van der Waals surface area contributed by atoms with Crippen LogP contribution < -0.4 is 0 Å². The van der Waals surface area contributed by atoms with E-state index in [0.717, 1.165) is 6.07 Å². The van der Waals surface area contributed by atoms with Gasteiger partial charge in [0.25, 0.3) is 0 Å². The fourth-order valence-corrected chi connectivity index (χ4v) is 4.91. The van der Waals surface area contributed by atoms with E-state index in [1.807, 2.05) is 0 Å². The van der Waals surface area contributed by atoms with Gasteiger partial charge in [-0.2, -0.15) is 4.31 Å². The number of benzene rings is 1. The van der Waals surface area contributed by atoms with Gasteiger partial charge in [0, 0.05) is 39.6 Å². The van der Waals surface area contributed by atoms with Crippen LogP contribution in [0.2, 0.25) is 0 Å². The lowest BCUT2D eigenvalue weighted by molar-refractivity contribution is -0.140. The summed E-state index contributed by atoms with van der Waals surface area (Å²) in [7, 11) is -0.609. The molecule has 1 aliphatic rings. The van der Waals surface area contributed by atoms with Gasteiger partial charge in [0.2, 0.25) is 15.9 Å². The Kier molecular flexibility index (Phi) is 4.85. The van der Waals surface area contributed by atoms with E-state index in [4.69, 9.17) is 0 Å². The average molecular weight is 380 g/mol. The Morgan fingerprint density at radius 2 is 1.88 bits per heavy atom. The zero-order valence-corrected chi connectivity index (χ0v) is 15.5. The second kappa shape index (κ2) is 6.81. The molecule has 0 radical (unpaired) electrons. The van der Waals surface area contributed by atoms with Gasteiger partial charge in [0.15, 0.2) is 0 Å². The van der Waals surface area contributed by atoms with E-state index in [9.17, 15) is 17.6 Å². The van der Waals surface area contributed by atoms with Crippen molar-refractivity contribution in [3.8, 4) is 0 Å². The molecule has 1 fully saturated rings. The number of hydrogen-bond acceptors (Lipinski definition) is 4. The number of likely N-dealkylation sites (N-methyl/N-ethyl adjacent to an activating group) is 1. The second-order valence-corrected chi connectivity index (χ2v) is 8.44. The minimum atomic E-state index is -3.95. The van der Waals surface area contributed by atoms with Gasteiger partial charge in [0.05, 0.1) is 6.33 Å². The highest BCUT2D eigenvalue weighted by atomic mass is 32.2. The van der Waals surface area contributed by atoms with Crippen molar-refractivity contribution in [3.63, 3.8) is 0 Å². The summed E-state index contributed by atoms with van der Waals surface area (Å²) in [6.07, 6.45) is 5.44. The number of sulfonamides is 1. The first kappa shape index (κ1) is 18.5. The predicted octanol–water partition coefficient (Wildman–Crippen LogP) is 1.29. The standard InChI is InChI=1S/C17H21FN4O3S/c1-20(2)16(23)17(21-12-9-19-13-21)7-10-22(11-8-17)26(24,25)15-6-4-3-5-14(15)18/h3-6,9,12-13H,7-8,10-11H2,1-2H3. The number of piperidine rings is 1. The summed E-state index contributed by atoms with van der Waals surface area (Å²) in [6.45, 7) is 0.239. The number of amides is 1. The second-order valence-electron chi connectivity index (χ2n) is 6.54. The lowest BCUT2D eigenvalue weighted by atomic mass is 9.86. The average Bonchev–Trinajstić information content (AvgIpc) is 3.16. The van der Waals surface area contributed by atoms with Crippen LogP contribution in [-0.4, -0.2) is 60.3 Å². The molecule has 0 bridgehead atoms. The van der Waals surface area contributed by atoms with Crippen molar-refractivity contribution in [1.29, 1.82) is 0 Å². The molecule has 1 aromatic carbocycles. The molecule has 140 valence electrons. The third-order valence-corrected chi connectivity index (χ3v) is 6.74. The summed E-state index contributed by atoms with van der Waals surface area (Å²) in [5, 5.41) is 0. The Labute approximate surface area is 152 Å².